The highest BCUT2D eigenvalue weighted by Crippen LogP contribution is 2.40. The van der Waals surface area contributed by atoms with Crippen LogP contribution in [0.3, 0.4) is 0 Å². The maximum atomic E-state index is 13.4. The van der Waals surface area contributed by atoms with E-state index in [1.807, 2.05) is 38.1 Å². The van der Waals surface area contributed by atoms with Crippen molar-refractivity contribution in [2.45, 2.75) is 58.6 Å². The van der Waals surface area contributed by atoms with Gasteiger partial charge in [-0.1, -0.05) is 32.0 Å². The molecule has 0 saturated heterocycles. The van der Waals surface area contributed by atoms with E-state index in [9.17, 15) is 18.4 Å². The first-order chi connectivity index (χ1) is 15.2. The van der Waals surface area contributed by atoms with Crippen molar-refractivity contribution in [2.24, 2.45) is 5.92 Å². The summed E-state index contributed by atoms with van der Waals surface area (Å²) >= 11 is 0. The van der Waals surface area contributed by atoms with E-state index in [1.54, 1.807) is 11.8 Å². The average molecular weight is 447 g/mol. The van der Waals surface area contributed by atoms with Gasteiger partial charge in [-0.2, -0.15) is 8.78 Å². The van der Waals surface area contributed by atoms with Crippen molar-refractivity contribution in [1.82, 2.24) is 4.98 Å². The van der Waals surface area contributed by atoms with Gasteiger partial charge in [-0.3, -0.25) is 14.7 Å². The number of aliphatic carboxylic acids is 1. The average Bonchev–Trinajstić information content (AvgIpc) is 2.68. The molecule has 3 rings (SSSR count). The van der Waals surface area contributed by atoms with E-state index in [0.29, 0.717) is 24.2 Å². The Morgan fingerprint density at radius 2 is 1.97 bits per heavy atom. The van der Waals surface area contributed by atoms with Crippen molar-refractivity contribution >= 4 is 23.4 Å². The van der Waals surface area contributed by atoms with Crippen molar-refractivity contribution in [3.8, 4) is 5.75 Å². The topological polar surface area (TPSA) is 91.8 Å². The lowest BCUT2D eigenvalue weighted by atomic mass is 9.77. The summed E-state index contributed by atoms with van der Waals surface area (Å²) < 4.78 is 30.3. The SMILES string of the molecule is Cc1cc(OC(F)F)c(NC(=O)N(c2ccccc2C(C)C)[C@H]2C[C@@H](CC(=O)O)C2)cn1. The molecule has 0 unspecified atom stereocenters. The molecule has 2 amide bonds. The Bertz CT molecular complexity index is 977. The van der Waals surface area contributed by atoms with Gasteiger partial charge in [-0.25, -0.2) is 4.79 Å². The second-order valence-electron chi connectivity index (χ2n) is 8.30. The number of carboxylic acid groups (broad SMARTS) is 1. The number of carboxylic acids is 1. The molecule has 0 aliphatic heterocycles. The van der Waals surface area contributed by atoms with Crippen LogP contribution in [-0.2, 0) is 4.79 Å². The predicted octanol–water partition coefficient (Wildman–Crippen LogP) is 5.41. The van der Waals surface area contributed by atoms with Crippen molar-refractivity contribution in [1.29, 1.82) is 0 Å². The number of hydrogen-bond acceptors (Lipinski definition) is 4. The zero-order valence-corrected chi connectivity index (χ0v) is 18.2. The predicted molar refractivity (Wildman–Crippen MR) is 116 cm³/mol. The van der Waals surface area contributed by atoms with Crippen LogP contribution in [0.4, 0.5) is 25.0 Å². The maximum Gasteiger partial charge on any atom is 0.387 e. The highest BCUT2D eigenvalue weighted by Gasteiger charge is 2.39. The number of nitrogens with zero attached hydrogens (tertiary/aromatic N) is 2. The maximum absolute atomic E-state index is 13.4. The molecule has 32 heavy (non-hydrogen) atoms. The number of alkyl halides is 2. The summed E-state index contributed by atoms with van der Waals surface area (Å²) in [5.41, 5.74) is 2.16. The van der Waals surface area contributed by atoms with Crippen LogP contribution >= 0.6 is 0 Å². The molecule has 0 radical (unpaired) electrons. The van der Waals surface area contributed by atoms with Crippen LogP contribution in [0.15, 0.2) is 36.5 Å². The van der Waals surface area contributed by atoms with Gasteiger partial charge in [0, 0.05) is 29.9 Å². The van der Waals surface area contributed by atoms with Crippen LogP contribution in [0.25, 0.3) is 0 Å². The number of para-hydroxylation sites is 1. The molecular weight excluding hydrogens is 420 g/mol. The highest BCUT2D eigenvalue weighted by atomic mass is 19.3. The second-order valence-corrected chi connectivity index (χ2v) is 8.30. The number of pyridine rings is 1. The normalized spacial score (nSPS) is 17.7. The Balaban J connectivity index is 1.91. The van der Waals surface area contributed by atoms with E-state index < -0.39 is 18.6 Å². The largest absolute Gasteiger partial charge is 0.481 e. The Morgan fingerprint density at radius 1 is 1.28 bits per heavy atom. The molecule has 7 nitrogen and oxygen atoms in total. The molecule has 1 aliphatic carbocycles. The monoisotopic (exact) mass is 447 g/mol. The molecule has 0 bridgehead atoms. The van der Waals surface area contributed by atoms with Gasteiger partial charge in [-0.15, -0.1) is 0 Å². The van der Waals surface area contributed by atoms with Crippen LogP contribution in [0.5, 0.6) is 5.75 Å². The first-order valence-corrected chi connectivity index (χ1v) is 10.5. The second kappa shape index (κ2) is 9.93. The third kappa shape index (κ3) is 5.52. The molecule has 9 heteroatoms. The number of ether oxygens (including phenoxy) is 1. The van der Waals surface area contributed by atoms with Crippen LogP contribution < -0.4 is 15.0 Å². The van der Waals surface area contributed by atoms with Crippen LogP contribution in [0.1, 0.15) is 50.3 Å². The Hall–Kier alpha value is -3.23. The van der Waals surface area contributed by atoms with Gasteiger partial charge in [0.15, 0.2) is 5.75 Å². The summed E-state index contributed by atoms with van der Waals surface area (Å²) in [6.45, 7) is 2.61. The lowest BCUT2D eigenvalue weighted by molar-refractivity contribution is -0.138. The summed E-state index contributed by atoms with van der Waals surface area (Å²) in [6, 6.07) is 8.10. The van der Waals surface area contributed by atoms with Crippen molar-refractivity contribution in [2.75, 3.05) is 10.2 Å². The number of rotatable bonds is 8. The fraction of sp³-hybridized carbons (Fsp3) is 0.435. The minimum absolute atomic E-state index is 0.0159. The minimum Gasteiger partial charge on any atom is -0.481 e. The number of carbonyl (C=O) groups excluding carboxylic acids is 1. The number of aryl methyl sites for hydroxylation is 1. The summed E-state index contributed by atoms with van der Waals surface area (Å²) in [5, 5.41) is 11.7. The Labute approximate surface area is 185 Å². The number of anilines is 2. The third-order valence-corrected chi connectivity index (χ3v) is 5.54. The molecule has 1 saturated carbocycles. The van der Waals surface area contributed by atoms with Gasteiger partial charge in [0.25, 0.3) is 0 Å². The minimum atomic E-state index is -3.05. The van der Waals surface area contributed by atoms with Crippen LogP contribution in [0, 0.1) is 12.8 Å². The van der Waals surface area contributed by atoms with E-state index in [4.69, 9.17) is 5.11 Å². The zero-order chi connectivity index (χ0) is 23.4. The zero-order valence-electron chi connectivity index (χ0n) is 18.2. The summed E-state index contributed by atoms with van der Waals surface area (Å²) in [7, 11) is 0. The third-order valence-electron chi connectivity index (χ3n) is 5.54. The lowest BCUT2D eigenvalue weighted by Crippen LogP contribution is -2.50. The number of urea groups is 1. The molecule has 0 atom stereocenters. The van der Waals surface area contributed by atoms with Gasteiger partial charge in [0.05, 0.1) is 6.20 Å². The standard InChI is InChI=1S/C23H27F2N3O4/c1-13(2)17-6-4-5-7-19(17)28(16-9-15(10-16)11-21(29)30)23(31)27-18-12-26-14(3)8-20(18)32-22(24)25/h4-8,12-13,15-16,22H,9-11H2,1-3H3,(H,27,31)(H,29,30)/t15-,16+. The fourth-order valence-corrected chi connectivity index (χ4v) is 3.99. The summed E-state index contributed by atoms with van der Waals surface area (Å²) in [5.74, 6) is -0.921. The Morgan fingerprint density at radius 3 is 2.59 bits per heavy atom. The van der Waals surface area contributed by atoms with E-state index in [2.05, 4.69) is 15.0 Å². The summed E-state index contributed by atoms with van der Waals surface area (Å²) in [4.78, 5) is 30.1. The quantitative estimate of drug-likeness (QED) is 0.565. The van der Waals surface area contributed by atoms with Crippen molar-refractivity contribution < 1.29 is 28.2 Å². The van der Waals surface area contributed by atoms with Crippen molar-refractivity contribution in [3.05, 3.63) is 47.8 Å². The van der Waals surface area contributed by atoms with Crippen LogP contribution in [-0.4, -0.2) is 34.7 Å². The lowest BCUT2D eigenvalue weighted by Gasteiger charge is -2.43. The van der Waals surface area contributed by atoms with Gasteiger partial charge in [0.2, 0.25) is 0 Å². The molecular formula is C23H27F2N3O4. The number of nitrogens with one attached hydrogen (secondary N) is 1. The Kier molecular flexibility index (Phi) is 7.27. The fourth-order valence-electron chi connectivity index (χ4n) is 3.99. The molecule has 2 N–H and O–H groups in total. The van der Waals surface area contributed by atoms with E-state index >= 15 is 0 Å². The highest BCUT2D eigenvalue weighted by molar-refractivity contribution is 6.03. The molecule has 0 spiro atoms. The number of carbonyl (C=O) groups is 2. The van der Waals surface area contributed by atoms with E-state index in [1.165, 1.54) is 12.3 Å². The smallest absolute Gasteiger partial charge is 0.387 e. The van der Waals surface area contributed by atoms with E-state index in [0.717, 1.165) is 5.56 Å². The summed E-state index contributed by atoms with van der Waals surface area (Å²) in [6.07, 6.45) is 2.41. The number of aromatic nitrogens is 1. The number of amides is 2. The van der Waals surface area contributed by atoms with Gasteiger partial charge < -0.3 is 15.2 Å². The van der Waals surface area contributed by atoms with E-state index in [-0.39, 0.29) is 35.7 Å². The number of hydrogen-bond donors (Lipinski definition) is 2. The van der Waals surface area contributed by atoms with Gasteiger partial charge in [0.1, 0.15) is 5.69 Å². The van der Waals surface area contributed by atoms with Gasteiger partial charge in [-0.05, 0) is 43.2 Å². The van der Waals surface area contributed by atoms with Crippen molar-refractivity contribution in [3.63, 3.8) is 0 Å². The molecule has 1 aliphatic rings. The first-order valence-electron chi connectivity index (χ1n) is 10.5. The molecule has 1 aromatic carbocycles. The molecule has 172 valence electrons. The number of halogens is 2. The molecule has 2 aromatic rings. The molecule has 1 heterocycles. The van der Waals surface area contributed by atoms with Crippen LogP contribution in [0.2, 0.25) is 0 Å². The molecule has 1 aromatic heterocycles. The first kappa shape index (κ1) is 23.4. The van der Waals surface area contributed by atoms with Gasteiger partial charge >= 0.3 is 18.6 Å². The number of benzene rings is 1. The molecule has 1 fully saturated rings.